The van der Waals surface area contributed by atoms with E-state index in [4.69, 9.17) is 11.6 Å². The largest absolute Gasteiger partial charge is 0.508 e. The number of amides is 1. The molecule has 2 rings (SSSR count). The van der Waals surface area contributed by atoms with Crippen LogP contribution in [-0.4, -0.2) is 22.7 Å². The highest BCUT2D eigenvalue weighted by atomic mass is 35.5. The Hall–Kier alpha value is -1.56. The summed E-state index contributed by atoms with van der Waals surface area (Å²) in [6.45, 7) is 1.93. The minimum absolute atomic E-state index is 0.132. The number of phenols is 1. The van der Waals surface area contributed by atoms with Gasteiger partial charge in [0.1, 0.15) is 11.9 Å². The fourth-order valence-electron chi connectivity index (χ4n) is 1.83. The van der Waals surface area contributed by atoms with E-state index in [9.17, 15) is 15.0 Å². The van der Waals surface area contributed by atoms with Gasteiger partial charge >= 0.3 is 0 Å². The number of aliphatic hydroxyl groups is 1. The summed E-state index contributed by atoms with van der Waals surface area (Å²) < 4.78 is 0.602. The van der Waals surface area contributed by atoms with Crippen LogP contribution in [0.2, 0.25) is 4.34 Å². The van der Waals surface area contributed by atoms with Crippen molar-refractivity contribution in [2.75, 3.05) is 6.54 Å². The molecule has 1 amide bonds. The zero-order valence-corrected chi connectivity index (χ0v) is 13.0. The average molecular weight is 326 g/mol. The highest BCUT2D eigenvalue weighted by molar-refractivity contribution is 7.16. The minimum atomic E-state index is -0.766. The first kappa shape index (κ1) is 15.8. The smallest absolute Gasteiger partial charge is 0.224 e. The second-order valence-electron chi connectivity index (χ2n) is 4.76. The number of hydrogen-bond donors (Lipinski definition) is 3. The molecule has 0 aliphatic heterocycles. The summed E-state index contributed by atoms with van der Waals surface area (Å²) in [5, 5.41) is 22.2. The highest BCUT2D eigenvalue weighted by Crippen LogP contribution is 2.26. The molecule has 0 saturated heterocycles. The number of rotatable bonds is 5. The summed E-state index contributed by atoms with van der Waals surface area (Å²) in [5.41, 5.74) is 1.49. The van der Waals surface area contributed by atoms with Crippen LogP contribution in [0.5, 0.6) is 5.75 Å². The van der Waals surface area contributed by atoms with Crippen LogP contribution >= 0.6 is 22.9 Å². The van der Waals surface area contributed by atoms with Gasteiger partial charge in [-0.1, -0.05) is 23.7 Å². The van der Waals surface area contributed by atoms with E-state index in [1.165, 1.54) is 11.3 Å². The lowest BCUT2D eigenvalue weighted by Gasteiger charge is -2.10. The first-order valence-electron chi connectivity index (χ1n) is 6.44. The number of carbonyl (C=O) groups is 1. The Bertz CT molecular complexity index is 642. The molecule has 0 aliphatic carbocycles. The molecule has 1 aromatic heterocycles. The molecule has 1 aromatic carbocycles. The lowest BCUT2D eigenvalue weighted by Crippen LogP contribution is -2.29. The Morgan fingerprint density at radius 3 is 2.76 bits per heavy atom. The zero-order chi connectivity index (χ0) is 15.4. The van der Waals surface area contributed by atoms with Crippen LogP contribution in [0.4, 0.5) is 0 Å². The Morgan fingerprint density at radius 2 is 2.14 bits per heavy atom. The molecule has 0 aliphatic rings. The maximum atomic E-state index is 11.8. The fraction of sp³-hybridized carbons (Fsp3) is 0.267. The molecule has 1 atom stereocenters. The van der Waals surface area contributed by atoms with Crippen molar-refractivity contribution >= 4 is 28.8 Å². The number of halogens is 1. The van der Waals surface area contributed by atoms with Crippen molar-refractivity contribution in [2.45, 2.75) is 19.4 Å². The summed E-state index contributed by atoms with van der Waals surface area (Å²) >= 11 is 7.08. The van der Waals surface area contributed by atoms with Gasteiger partial charge in [0.15, 0.2) is 0 Å². The molecule has 6 heteroatoms. The Balaban J connectivity index is 1.85. The molecular formula is C15H16ClNO3S. The summed E-state index contributed by atoms with van der Waals surface area (Å²) in [7, 11) is 0. The molecule has 2 aromatic rings. The topological polar surface area (TPSA) is 69.6 Å². The number of carbonyl (C=O) groups excluding carboxylic acids is 1. The molecule has 0 spiro atoms. The van der Waals surface area contributed by atoms with Crippen LogP contribution in [0.15, 0.2) is 30.3 Å². The number of thiophene rings is 1. The van der Waals surface area contributed by atoms with E-state index in [1.807, 2.05) is 0 Å². The van der Waals surface area contributed by atoms with Crippen LogP contribution < -0.4 is 5.32 Å². The molecule has 4 nitrogen and oxygen atoms in total. The van der Waals surface area contributed by atoms with Crippen LogP contribution in [0.3, 0.4) is 0 Å². The van der Waals surface area contributed by atoms with Gasteiger partial charge in [-0.15, -0.1) is 11.3 Å². The van der Waals surface area contributed by atoms with Crippen molar-refractivity contribution < 1.29 is 15.0 Å². The summed E-state index contributed by atoms with van der Waals surface area (Å²) in [4.78, 5) is 12.5. The van der Waals surface area contributed by atoms with Crippen molar-refractivity contribution in [3.05, 3.63) is 50.7 Å². The van der Waals surface area contributed by atoms with E-state index in [0.29, 0.717) is 9.21 Å². The Labute approximate surface area is 132 Å². The third-order valence-electron chi connectivity index (χ3n) is 3.05. The standard InChI is InChI=1S/C15H16ClNO3S/c1-9-2-3-10(6-11(9)18)7-15(20)17-8-12(19)13-4-5-14(16)21-13/h2-6,12,18-19H,7-8H2,1H3,(H,17,20)/t12-/m1/s1. The first-order valence-corrected chi connectivity index (χ1v) is 7.63. The fourth-order valence-corrected chi connectivity index (χ4v) is 2.88. The maximum Gasteiger partial charge on any atom is 0.224 e. The van der Waals surface area contributed by atoms with E-state index >= 15 is 0 Å². The van der Waals surface area contributed by atoms with Gasteiger partial charge in [0.05, 0.1) is 10.8 Å². The average Bonchev–Trinajstić information content (AvgIpc) is 2.87. The predicted molar refractivity (Wildman–Crippen MR) is 83.8 cm³/mol. The van der Waals surface area contributed by atoms with Crippen LogP contribution in [0.1, 0.15) is 22.1 Å². The SMILES string of the molecule is Cc1ccc(CC(=O)NC[C@@H](O)c2ccc(Cl)s2)cc1O. The van der Waals surface area contributed by atoms with Crippen LogP contribution in [-0.2, 0) is 11.2 Å². The molecule has 21 heavy (non-hydrogen) atoms. The Morgan fingerprint density at radius 1 is 1.38 bits per heavy atom. The van der Waals surface area contributed by atoms with Crippen molar-refractivity contribution in [3.8, 4) is 5.75 Å². The molecular weight excluding hydrogens is 310 g/mol. The van der Waals surface area contributed by atoms with Crippen LogP contribution in [0.25, 0.3) is 0 Å². The van der Waals surface area contributed by atoms with Gasteiger partial charge < -0.3 is 15.5 Å². The lowest BCUT2D eigenvalue weighted by molar-refractivity contribution is -0.120. The van der Waals surface area contributed by atoms with Gasteiger partial charge in [-0.05, 0) is 36.2 Å². The quantitative estimate of drug-likeness (QED) is 0.791. The number of aromatic hydroxyl groups is 1. The number of hydrogen-bond acceptors (Lipinski definition) is 4. The van der Waals surface area contributed by atoms with Gasteiger partial charge in [0.25, 0.3) is 0 Å². The molecule has 0 bridgehead atoms. The highest BCUT2D eigenvalue weighted by Gasteiger charge is 2.12. The Kier molecular flexibility index (Phi) is 5.22. The van der Waals surface area contributed by atoms with E-state index in [1.54, 1.807) is 37.3 Å². The molecule has 0 saturated carbocycles. The maximum absolute atomic E-state index is 11.8. The van der Waals surface area contributed by atoms with Gasteiger partial charge in [-0.2, -0.15) is 0 Å². The second kappa shape index (κ2) is 6.93. The van der Waals surface area contributed by atoms with Crippen LogP contribution in [0, 0.1) is 6.92 Å². The van der Waals surface area contributed by atoms with Gasteiger partial charge in [-0.25, -0.2) is 0 Å². The van der Waals surface area contributed by atoms with Crippen molar-refractivity contribution in [3.63, 3.8) is 0 Å². The minimum Gasteiger partial charge on any atom is -0.508 e. The van der Waals surface area contributed by atoms with E-state index in [-0.39, 0.29) is 24.6 Å². The number of aryl methyl sites for hydroxylation is 1. The third kappa shape index (κ3) is 4.46. The number of benzene rings is 1. The van der Waals surface area contributed by atoms with Gasteiger partial charge in [0, 0.05) is 11.4 Å². The molecule has 0 unspecified atom stereocenters. The van der Waals surface area contributed by atoms with Crippen molar-refractivity contribution in [2.24, 2.45) is 0 Å². The second-order valence-corrected chi connectivity index (χ2v) is 6.51. The molecule has 1 heterocycles. The molecule has 112 valence electrons. The van der Waals surface area contributed by atoms with Crippen molar-refractivity contribution in [1.29, 1.82) is 0 Å². The third-order valence-corrected chi connectivity index (χ3v) is 4.39. The normalized spacial score (nSPS) is 12.1. The summed E-state index contributed by atoms with van der Waals surface area (Å²) in [5.74, 6) is -0.0338. The van der Waals surface area contributed by atoms with E-state index in [0.717, 1.165) is 11.1 Å². The number of aliphatic hydroxyl groups excluding tert-OH is 1. The number of nitrogens with one attached hydrogen (secondary N) is 1. The molecule has 3 N–H and O–H groups in total. The van der Waals surface area contributed by atoms with E-state index < -0.39 is 6.10 Å². The summed E-state index contributed by atoms with van der Waals surface area (Å²) in [6, 6.07) is 8.58. The van der Waals surface area contributed by atoms with Crippen molar-refractivity contribution in [1.82, 2.24) is 5.32 Å². The van der Waals surface area contributed by atoms with Gasteiger partial charge in [0.2, 0.25) is 5.91 Å². The first-order chi connectivity index (χ1) is 9.95. The predicted octanol–water partition coefficient (Wildman–Crippen LogP) is 2.81. The van der Waals surface area contributed by atoms with E-state index in [2.05, 4.69) is 5.32 Å². The molecule has 0 radical (unpaired) electrons. The number of phenolic OH excluding ortho intramolecular Hbond substituents is 1. The lowest BCUT2D eigenvalue weighted by atomic mass is 10.1. The molecule has 0 fully saturated rings. The monoisotopic (exact) mass is 325 g/mol. The zero-order valence-electron chi connectivity index (χ0n) is 11.5. The summed E-state index contributed by atoms with van der Waals surface area (Å²) in [6.07, 6.45) is -0.607. The van der Waals surface area contributed by atoms with Gasteiger partial charge in [-0.3, -0.25) is 4.79 Å².